The fourth-order valence-electron chi connectivity index (χ4n) is 3.01. The standard InChI is InChI=1S/C22H23ClFN3O2/c1-27(2)19(16-4-3-5-18(24)12-16)13-25-21(28)10-11-22-26-14-20(29-22)15-6-8-17(23)9-7-15/h3-9,12,14,19H,10-11,13H2,1-2H3,(H,25,28). The average molecular weight is 416 g/mol. The van der Waals surface area contributed by atoms with Crippen molar-refractivity contribution in [1.82, 2.24) is 15.2 Å². The first kappa shape index (κ1) is 21.0. The minimum Gasteiger partial charge on any atom is -0.441 e. The van der Waals surface area contributed by atoms with Crippen molar-refractivity contribution in [2.24, 2.45) is 0 Å². The second kappa shape index (κ2) is 9.67. The van der Waals surface area contributed by atoms with Gasteiger partial charge in [0.15, 0.2) is 11.7 Å². The summed E-state index contributed by atoms with van der Waals surface area (Å²) in [5.74, 6) is 0.732. The maximum absolute atomic E-state index is 13.5. The Bertz CT molecular complexity index is 957. The Morgan fingerprint density at radius 3 is 2.69 bits per heavy atom. The van der Waals surface area contributed by atoms with Crippen LogP contribution in [0.3, 0.4) is 0 Å². The Labute approximate surface area is 174 Å². The van der Waals surface area contributed by atoms with Crippen LogP contribution in [0.4, 0.5) is 4.39 Å². The molecule has 0 fully saturated rings. The highest BCUT2D eigenvalue weighted by molar-refractivity contribution is 6.30. The molecule has 0 aliphatic carbocycles. The molecule has 0 radical (unpaired) electrons. The second-order valence-corrected chi connectivity index (χ2v) is 7.40. The first-order valence-corrected chi connectivity index (χ1v) is 9.69. The number of nitrogens with one attached hydrogen (secondary N) is 1. The van der Waals surface area contributed by atoms with Gasteiger partial charge in [0.1, 0.15) is 5.82 Å². The summed E-state index contributed by atoms with van der Waals surface area (Å²) < 4.78 is 19.2. The van der Waals surface area contributed by atoms with Gasteiger partial charge in [-0.2, -0.15) is 0 Å². The Kier molecular flexibility index (Phi) is 7.01. The highest BCUT2D eigenvalue weighted by atomic mass is 35.5. The molecular formula is C22H23ClFN3O2. The van der Waals surface area contributed by atoms with Gasteiger partial charge in [0.25, 0.3) is 0 Å². The molecule has 1 amide bonds. The lowest BCUT2D eigenvalue weighted by Gasteiger charge is -2.25. The molecule has 0 bridgehead atoms. The summed E-state index contributed by atoms with van der Waals surface area (Å²) in [6.45, 7) is 0.386. The number of halogens is 2. The first-order valence-electron chi connectivity index (χ1n) is 9.31. The molecule has 1 heterocycles. The first-order chi connectivity index (χ1) is 13.9. The summed E-state index contributed by atoms with van der Waals surface area (Å²) in [5.41, 5.74) is 1.69. The molecule has 3 rings (SSSR count). The number of rotatable bonds is 8. The van der Waals surface area contributed by atoms with Gasteiger partial charge in [-0.1, -0.05) is 23.7 Å². The zero-order valence-corrected chi connectivity index (χ0v) is 17.1. The summed E-state index contributed by atoms with van der Waals surface area (Å²) in [6.07, 6.45) is 2.29. The second-order valence-electron chi connectivity index (χ2n) is 6.96. The molecular weight excluding hydrogens is 393 g/mol. The van der Waals surface area contributed by atoms with Crippen molar-refractivity contribution >= 4 is 17.5 Å². The molecule has 5 nitrogen and oxygen atoms in total. The highest BCUT2D eigenvalue weighted by Gasteiger charge is 2.16. The van der Waals surface area contributed by atoms with Gasteiger partial charge >= 0.3 is 0 Å². The maximum atomic E-state index is 13.5. The van der Waals surface area contributed by atoms with Crippen LogP contribution in [-0.4, -0.2) is 36.4 Å². The third-order valence-corrected chi connectivity index (χ3v) is 4.85. The summed E-state index contributed by atoms with van der Waals surface area (Å²) in [4.78, 5) is 18.5. The molecule has 1 aromatic heterocycles. The summed E-state index contributed by atoms with van der Waals surface area (Å²) in [6, 6.07) is 13.6. The predicted molar refractivity (Wildman–Crippen MR) is 111 cm³/mol. The number of carbonyl (C=O) groups excluding carboxylic acids is 1. The van der Waals surface area contributed by atoms with Crippen molar-refractivity contribution in [3.05, 3.63) is 77.0 Å². The van der Waals surface area contributed by atoms with E-state index in [1.807, 2.05) is 37.2 Å². The Hall–Kier alpha value is -2.70. The van der Waals surface area contributed by atoms with E-state index in [0.29, 0.717) is 29.6 Å². The van der Waals surface area contributed by atoms with E-state index in [2.05, 4.69) is 10.3 Å². The molecule has 7 heteroatoms. The van der Waals surface area contributed by atoms with Crippen LogP contribution < -0.4 is 5.32 Å². The Morgan fingerprint density at radius 2 is 2.00 bits per heavy atom. The number of hydrogen-bond donors (Lipinski definition) is 1. The van der Waals surface area contributed by atoms with Crippen LogP contribution in [0, 0.1) is 5.82 Å². The molecule has 1 unspecified atom stereocenters. The molecule has 29 heavy (non-hydrogen) atoms. The SMILES string of the molecule is CN(C)C(CNC(=O)CCc1ncc(-c2ccc(Cl)cc2)o1)c1cccc(F)c1. The monoisotopic (exact) mass is 415 g/mol. The van der Waals surface area contributed by atoms with Crippen molar-refractivity contribution in [1.29, 1.82) is 0 Å². The van der Waals surface area contributed by atoms with E-state index in [-0.39, 0.29) is 24.2 Å². The third kappa shape index (κ3) is 5.89. The largest absolute Gasteiger partial charge is 0.441 e. The van der Waals surface area contributed by atoms with Crippen molar-refractivity contribution in [2.75, 3.05) is 20.6 Å². The number of benzene rings is 2. The van der Waals surface area contributed by atoms with E-state index in [1.54, 1.807) is 24.4 Å². The molecule has 1 atom stereocenters. The number of amides is 1. The van der Waals surface area contributed by atoms with Crippen LogP contribution in [-0.2, 0) is 11.2 Å². The van der Waals surface area contributed by atoms with Crippen LogP contribution in [0.1, 0.15) is 23.9 Å². The van der Waals surface area contributed by atoms with E-state index in [0.717, 1.165) is 11.1 Å². The van der Waals surface area contributed by atoms with Crippen LogP contribution in [0.2, 0.25) is 5.02 Å². The molecule has 1 N–H and O–H groups in total. The Balaban J connectivity index is 1.52. The van der Waals surface area contributed by atoms with Crippen LogP contribution in [0.5, 0.6) is 0 Å². The van der Waals surface area contributed by atoms with Crippen LogP contribution in [0.25, 0.3) is 11.3 Å². The molecule has 0 aliphatic rings. The van der Waals surface area contributed by atoms with Gasteiger partial charge < -0.3 is 14.6 Å². The molecule has 3 aromatic rings. The van der Waals surface area contributed by atoms with Gasteiger partial charge in [0.2, 0.25) is 5.91 Å². The fraction of sp³-hybridized carbons (Fsp3) is 0.273. The number of aromatic nitrogens is 1. The van der Waals surface area contributed by atoms with E-state index in [1.165, 1.54) is 12.1 Å². The van der Waals surface area contributed by atoms with Crippen molar-refractivity contribution in [3.8, 4) is 11.3 Å². The quantitative estimate of drug-likeness (QED) is 0.589. The molecule has 0 saturated carbocycles. The molecule has 0 spiro atoms. The summed E-state index contributed by atoms with van der Waals surface area (Å²) in [7, 11) is 3.79. The zero-order valence-electron chi connectivity index (χ0n) is 16.4. The zero-order chi connectivity index (χ0) is 20.8. The predicted octanol–water partition coefficient (Wildman–Crippen LogP) is 4.49. The fourth-order valence-corrected chi connectivity index (χ4v) is 3.13. The minimum absolute atomic E-state index is 0.112. The number of oxazole rings is 1. The van der Waals surface area contributed by atoms with Gasteiger partial charge in [0, 0.05) is 30.0 Å². The number of aryl methyl sites for hydroxylation is 1. The van der Waals surface area contributed by atoms with E-state index in [9.17, 15) is 9.18 Å². The van der Waals surface area contributed by atoms with Crippen LogP contribution in [0.15, 0.2) is 59.1 Å². The van der Waals surface area contributed by atoms with Gasteiger partial charge in [-0.25, -0.2) is 9.37 Å². The van der Waals surface area contributed by atoms with Crippen LogP contribution >= 0.6 is 11.6 Å². The molecule has 0 aliphatic heterocycles. The summed E-state index contributed by atoms with van der Waals surface area (Å²) >= 11 is 5.89. The average Bonchev–Trinajstić information content (AvgIpc) is 3.16. The lowest BCUT2D eigenvalue weighted by Crippen LogP contribution is -2.34. The molecule has 2 aromatic carbocycles. The third-order valence-electron chi connectivity index (χ3n) is 4.60. The van der Waals surface area contributed by atoms with Crippen molar-refractivity contribution in [2.45, 2.75) is 18.9 Å². The van der Waals surface area contributed by atoms with Gasteiger partial charge in [-0.3, -0.25) is 4.79 Å². The van der Waals surface area contributed by atoms with E-state index < -0.39 is 0 Å². The Morgan fingerprint density at radius 1 is 1.24 bits per heavy atom. The number of likely N-dealkylation sites (N-methyl/N-ethyl adjacent to an activating group) is 1. The lowest BCUT2D eigenvalue weighted by molar-refractivity contribution is -0.121. The van der Waals surface area contributed by atoms with Gasteiger partial charge in [0.05, 0.1) is 12.2 Å². The summed E-state index contributed by atoms with van der Waals surface area (Å²) in [5, 5.41) is 3.56. The number of nitrogens with zero attached hydrogens (tertiary/aromatic N) is 2. The van der Waals surface area contributed by atoms with E-state index in [4.69, 9.17) is 16.0 Å². The highest BCUT2D eigenvalue weighted by Crippen LogP contribution is 2.23. The maximum Gasteiger partial charge on any atom is 0.220 e. The normalized spacial score (nSPS) is 12.2. The number of carbonyl (C=O) groups is 1. The van der Waals surface area contributed by atoms with Crippen molar-refractivity contribution in [3.63, 3.8) is 0 Å². The number of hydrogen-bond acceptors (Lipinski definition) is 4. The van der Waals surface area contributed by atoms with Crippen molar-refractivity contribution < 1.29 is 13.6 Å². The van der Waals surface area contributed by atoms with E-state index >= 15 is 0 Å². The van der Waals surface area contributed by atoms with Gasteiger partial charge in [-0.15, -0.1) is 0 Å². The lowest BCUT2D eigenvalue weighted by atomic mass is 10.1. The smallest absolute Gasteiger partial charge is 0.220 e. The van der Waals surface area contributed by atoms with Gasteiger partial charge in [-0.05, 0) is 56.1 Å². The molecule has 0 saturated heterocycles. The topological polar surface area (TPSA) is 58.4 Å². The minimum atomic E-state index is -0.291. The molecule has 152 valence electrons.